The Hall–Kier alpha value is -1.78. The highest BCUT2D eigenvalue weighted by molar-refractivity contribution is 5.46. The van der Waals surface area contributed by atoms with Gasteiger partial charge in [0.25, 0.3) is 0 Å². The van der Waals surface area contributed by atoms with Crippen LogP contribution in [0.5, 0.6) is 0 Å². The third-order valence-corrected chi connectivity index (χ3v) is 2.93. The minimum atomic E-state index is -0.169. The summed E-state index contributed by atoms with van der Waals surface area (Å²) in [6.07, 6.45) is 7.10. The molecule has 0 N–H and O–H groups in total. The lowest BCUT2D eigenvalue weighted by atomic mass is 9.94. The van der Waals surface area contributed by atoms with E-state index in [1.807, 2.05) is 36.4 Å². The van der Waals surface area contributed by atoms with Crippen LogP contribution in [0.15, 0.2) is 54.1 Å². The van der Waals surface area contributed by atoms with E-state index in [2.05, 4.69) is 30.9 Å². The molecule has 0 fully saturated rings. The number of methoxy groups -OCH3 is 1. The molecule has 0 aliphatic heterocycles. The lowest BCUT2D eigenvalue weighted by Crippen LogP contribution is -2.24. The molecular weight excluding hydrogens is 208 g/mol. The van der Waals surface area contributed by atoms with Crippen LogP contribution in [0.1, 0.15) is 18.9 Å². The third-order valence-electron chi connectivity index (χ3n) is 2.93. The maximum Gasteiger partial charge on any atom is 0.0868 e. The maximum absolute atomic E-state index is 5.41. The Morgan fingerprint density at radius 2 is 1.94 bits per heavy atom. The summed E-state index contributed by atoms with van der Waals surface area (Å²) in [7, 11) is 1.73. The minimum Gasteiger partial charge on any atom is -0.374 e. The first kappa shape index (κ1) is 11.7. The van der Waals surface area contributed by atoms with E-state index in [0.717, 1.165) is 17.6 Å². The predicted octanol–water partition coefficient (Wildman–Crippen LogP) is 3.33. The fraction of sp³-hybridized carbons (Fsp3) is 0.250. The van der Waals surface area contributed by atoms with Crippen LogP contribution >= 0.6 is 0 Å². The molecule has 0 saturated heterocycles. The first-order valence-corrected chi connectivity index (χ1v) is 5.73. The van der Waals surface area contributed by atoms with Crippen molar-refractivity contribution in [3.63, 3.8) is 0 Å². The van der Waals surface area contributed by atoms with Gasteiger partial charge in [0, 0.05) is 18.2 Å². The van der Waals surface area contributed by atoms with Gasteiger partial charge in [-0.3, -0.25) is 0 Å². The van der Waals surface area contributed by atoms with Crippen LogP contribution in [0.3, 0.4) is 0 Å². The van der Waals surface area contributed by atoms with Gasteiger partial charge in [-0.05, 0) is 31.6 Å². The third kappa shape index (κ3) is 3.09. The Kier molecular flexibility index (Phi) is 3.46. The van der Waals surface area contributed by atoms with Crippen molar-refractivity contribution < 1.29 is 4.74 Å². The van der Waals surface area contributed by atoms with E-state index in [1.54, 1.807) is 7.11 Å². The van der Waals surface area contributed by atoms with Crippen LogP contribution in [0.25, 0.3) is 0 Å². The van der Waals surface area contributed by atoms with Gasteiger partial charge in [0.15, 0.2) is 0 Å². The van der Waals surface area contributed by atoms with Crippen molar-refractivity contribution >= 4 is 0 Å². The molecule has 1 unspecified atom stereocenters. The summed E-state index contributed by atoms with van der Waals surface area (Å²) < 4.78 is 5.41. The Morgan fingerprint density at radius 3 is 2.53 bits per heavy atom. The van der Waals surface area contributed by atoms with E-state index in [0.29, 0.717) is 0 Å². The molecule has 0 saturated carbocycles. The van der Waals surface area contributed by atoms with Crippen LogP contribution in [-0.2, 0) is 4.74 Å². The van der Waals surface area contributed by atoms with Gasteiger partial charge in [-0.25, -0.2) is 0 Å². The van der Waals surface area contributed by atoms with Crippen molar-refractivity contribution in [2.45, 2.75) is 18.9 Å². The second kappa shape index (κ2) is 5.03. The monoisotopic (exact) mass is 224 g/mol. The molecule has 0 aromatic heterocycles. The highest BCUT2D eigenvalue weighted by atomic mass is 16.5. The zero-order valence-electron chi connectivity index (χ0n) is 10.2. The summed E-state index contributed by atoms with van der Waals surface area (Å²) >= 11 is 0. The molecule has 0 amide bonds. The summed E-state index contributed by atoms with van der Waals surface area (Å²) in [5.74, 6) is 6.32. The lowest BCUT2D eigenvalue weighted by molar-refractivity contribution is 0.0504. The van der Waals surface area contributed by atoms with Crippen molar-refractivity contribution in [1.82, 2.24) is 0 Å². The summed E-state index contributed by atoms with van der Waals surface area (Å²) in [5.41, 5.74) is 1.93. The molecule has 0 spiro atoms. The van der Waals surface area contributed by atoms with Crippen LogP contribution in [0.2, 0.25) is 0 Å². The highest BCUT2D eigenvalue weighted by Gasteiger charge is 2.20. The molecule has 1 heteroatoms. The quantitative estimate of drug-likeness (QED) is 0.665. The Bertz CT molecular complexity index is 499. The van der Waals surface area contributed by atoms with E-state index < -0.39 is 0 Å². The zero-order valence-corrected chi connectivity index (χ0v) is 10.2. The molecule has 1 aliphatic carbocycles. The molecule has 0 radical (unpaired) electrons. The van der Waals surface area contributed by atoms with Crippen molar-refractivity contribution in [2.24, 2.45) is 0 Å². The fourth-order valence-corrected chi connectivity index (χ4v) is 1.62. The van der Waals surface area contributed by atoms with Crippen molar-refractivity contribution in [3.8, 4) is 11.8 Å². The number of allylic oxidation sites excluding steroid dienone is 2. The predicted molar refractivity (Wildman–Crippen MR) is 70.6 cm³/mol. The molecule has 1 aliphatic rings. The van der Waals surface area contributed by atoms with Gasteiger partial charge in [-0.1, -0.05) is 42.2 Å². The van der Waals surface area contributed by atoms with E-state index in [9.17, 15) is 0 Å². The largest absolute Gasteiger partial charge is 0.374 e. The Labute approximate surface area is 103 Å². The summed E-state index contributed by atoms with van der Waals surface area (Å²) in [5, 5.41) is 0. The number of hydrogen-bond acceptors (Lipinski definition) is 1. The highest BCUT2D eigenvalue weighted by Crippen LogP contribution is 2.23. The molecule has 1 nitrogen and oxygen atoms in total. The standard InChI is InChI=1S/C16H16O/c1-16(17-2)12-10-15(11-13-16)9-8-14-6-4-3-5-7-14/h3-7,10-12H,13H2,1-2H3. The summed E-state index contributed by atoms with van der Waals surface area (Å²) in [6, 6.07) is 10.0. The second-order valence-electron chi connectivity index (χ2n) is 4.33. The molecule has 1 aromatic carbocycles. The topological polar surface area (TPSA) is 9.23 Å². The first-order chi connectivity index (χ1) is 8.22. The average Bonchev–Trinajstić information content (AvgIpc) is 2.39. The minimum absolute atomic E-state index is 0.169. The van der Waals surface area contributed by atoms with E-state index in [-0.39, 0.29) is 5.60 Å². The molecule has 0 bridgehead atoms. The van der Waals surface area contributed by atoms with Crippen LogP contribution in [0.4, 0.5) is 0 Å². The van der Waals surface area contributed by atoms with Crippen LogP contribution in [-0.4, -0.2) is 12.7 Å². The maximum atomic E-state index is 5.41. The van der Waals surface area contributed by atoms with Crippen molar-refractivity contribution in [1.29, 1.82) is 0 Å². The van der Waals surface area contributed by atoms with Gasteiger partial charge in [-0.15, -0.1) is 0 Å². The second-order valence-corrected chi connectivity index (χ2v) is 4.33. The van der Waals surface area contributed by atoms with Gasteiger partial charge in [-0.2, -0.15) is 0 Å². The molecule has 17 heavy (non-hydrogen) atoms. The molecule has 1 aromatic rings. The van der Waals surface area contributed by atoms with Crippen molar-refractivity contribution in [2.75, 3.05) is 7.11 Å². The van der Waals surface area contributed by atoms with Crippen LogP contribution in [0, 0.1) is 11.8 Å². The molecule has 86 valence electrons. The van der Waals surface area contributed by atoms with Gasteiger partial charge in [0.2, 0.25) is 0 Å². The van der Waals surface area contributed by atoms with Gasteiger partial charge in [0.05, 0.1) is 5.60 Å². The number of ether oxygens (including phenoxy) is 1. The fourth-order valence-electron chi connectivity index (χ4n) is 1.62. The number of hydrogen-bond donors (Lipinski definition) is 0. The number of benzene rings is 1. The van der Waals surface area contributed by atoms with Crippen LogP contribution < -0.4 is 0 Å². The Balaban J connectivity index is 2.09. The van der Waals surface area contributed by atoms with E-state index in [4.69, 9.17) is 4.74 Å². The Morgan fingerprint density at radius 1 is 1.18 bits per heavy atom. The normalized spacial score (nSPS) is 22.6. The van der Waals surface area contributed by atoms with E-state index >= 15 is 0 Å². The lowest BCUT2D eigenvalue weighted by Gasteiger charge is -2.25. The summed E-state index contributed by atoms with van der Waals surface area (Å²) in [4.78, 5) is 0. The summed E-state index contributed by atoms with van der Waals surface area (Å²) in [6.45, 7) is 2.07. The molecule has 2 rings (SSSR count). The first-order valence-electron chi connectivity index (χ1n) is 5.73. The van der Waals surface area contributed by atoms with Gasteiger partial charge < -0.3 is 4.74 Å². The average molecular weight is 224 g/mol. The number of rotatable bonds is 1. The molecular formula is C16H16O. The molecule has 0 heterocycles. The van der Waals surface area contributed by atoms with Crippen molar-refractivity contribution in [3.05, 3.63) is 59.7 Å². The van der Waals surface area contributed by atoms with Gasteiger partial charge >= 0.3 is 0 Å². The SMILES string of the molecule is COC1(C)C=CC(C#Cc2ccccc2)=CC1. The zero-order chi connectivity index (χ0) is 12.1. The van der Waals surface area contributed by atoms with E-state index in [1.165, 1.54) is 0 Å². The molecule has 1 atom stereocenters. The smallest absolute Gasteiger partial charge is 0.0868 e. The van der Waals surface area contributed by atoms with Gasteiger partial charge in [0.1, 0.15) is 0 Å².